The molecule has 0 radical (unpaired) electrons. The van der Waals surface area contributed by atoms with Gasteiger partial charge >= 0.3 is 0 Å². The predicted molar refractivity (Wildman–Crippen MR) is 188 cm³/mol. The van der Waals surface area contributed by atoms with Gasteiger partial charge in [0, 0.05) is 49.6 Å². The Balaban J connectivity index is 1.10. The molecule has 3 aromatic carbocycles. The Morgan fingerprint density at radius 2 is 1.67 bits per heavy atom. The number of aliphatic hydroxyl groups is 1. The number of hydrogen-bond acceptors (Lipinski definition) is 7. The summed E-state index contributed by atoms with van der Waals surface area (Å²) in [5.41, 5.74) is 11.1. The van der Waals surface area contributed by atoms with E-state index in [0.29, 0.717) is 40.4 Å². The van der Waals surface area contributed by atoms with Crippen LogP contribution in [0.15, 0.2) is 72.8 Å². The average molecular weight is 655 g/mol. The van der Waals surface area contributed by atoms with Gasteiger partial charge < -0.3 is 30.9 Å². The molecule has 0 spiro atoms. The molecule has 6 rings (SSSR count). The number of likely N-dealkylation sites (tertiary alicyclic amines) is 1. The van der Waals surface area contributed by atoms with E-state index < -0.39 is 6.29 Å². The molecular formula is C39H50N4O5. The fourth-order valence-electron chi connectivity index (χ4n) is 8.30. The fraction of sp³-hybridized carbons (Fsp3) is 0.487. The third kappa shape index (κ3) is 8.44. The van der Waals surface area contributed by atoms with Gasteiger partial charge in [-0.1, -0.05) is 69.3 Å². The number of anilines is 3. The van der Waals surface area contributed by atoms with Crippen molar-refractivity contribution in [3.05, 3.63) is 89.5 Å². The normalized spacial score (nSPS) is 26.6. The minimum absolute atomic E-state index is 0.000150. The number of rotatable bonds is 11. The van der Waals surface area contributed by atoms with Gasteiger partial charge in [0.15, 0.2) is 6.29 Å². The highest BCUT2D eigenvalue weighted by atomic mass is 16.7. The Morgan fingerprint density at radius 3 is 2.42 bits per heavy atom. The summed E-state index contributed by atoms with van der Waals surface area (Å²) < 4.78 is 13.3. The van der Waals surface area contributed by atoms with E-state index in [1.165, 1.54) is 19.3 Å². The summed E-state index contributed by atoms with van der Waals surface area (Å²) in [5.74, 6) is -0.347. The maximum Gasteiger partial charge on any atom is 0.224 e. The van der Waals surface area contributed by atoms with Gasteiger partial charge in [0.25, 0.3) is 0 Å². The summed E-state index contributed by atoms with van der Waals surface area (Å²) in [7, 11) is 0. The topological polar surface area (TPSA) is 126 Å². The lowest BCUT2D eigenvalue weighted by molar-refractivity contribution is -0.253. The molecule has 2 heterocycles. The van der Waals surface area contributed by atoms with E-state index in [1.807, 2.05) is 60.7 Å². The lowest BCUT2D eigenvalue weighted by Crippen LogP contribution is -2.42. The molecule has 1 saturated carbocycles. The Kier molecular flexibility index (Phi) is 10.2. The first-order chi connectivity index (χ1) is 23.0. The van der Waals surface area contributed by atoms with Crippen molar-refractivity contribution in [2.24, 2.45) is 10.8 Å². The molecule has 2 bridgehead atoms. The molecule has 9 heteroatoms. The zero-order valence-corrected chi connectivity index (χ0v) is 28.4. The van der Waals surface area contributed by atoms with Crippen molar-refractivity contribution >= 4 is 28.9 Å². The van der Waals surface area contributed by atoms with Crippen LogP contribution in [0.4, 0.5) is 17.1 Å². The molecule has 2 amide bonds. The monoisotopic (exact) mass is 654 g/mol. The first-order valence-electron chi connectivity index (χ1n) is 17.3. The van der Waals surface area contributed by atoms with E-state index in [0.717, 1.165) is 36.2 Å². The van der Waals surface area contributed by atoms with E-state index in [-0.39, 0.29) is 43.5 Å². The lowest BCUT2D eigenvalue weighted by atomic mass is 9.65. The van der Waals surface area contributed by atoms with Crippen molar-refractivity contribution in [2.75, 3.05) is 29.5 Å². The van der Waals surface area contributed by atoms with Crippen LogP contribution in [0.3, 0.4) is 0 Å². The summed E-state index contributed by atoms with van der Waals surface area (Å²) in [5, 5.41) is 15.4. The number of aliphatic hydroxyl groups excluding tert-OH is 1. The number of hydrogen-bond donors (Lipinski definition) is 4. The van der Waals surface area contributed by atoms with Crippen molar-refractivity contribution in [1.29, 1.82) is 0 Å². The van der Waals surface area contributed by atoms with E-state index in [9.17, 15) is 14.7 Å². The van der Waals surface area contributed by atoms with E-state index in [4.69, 9.17) is 15.2 Å². The standard InChI is InChI=1S/C39H50N4O5/c1-38(2)20-30-21-39(3,24-38)25-43(30)22-31-19-34(27-16-14-26(23-44)15-17-27)48-37(47-31)28-8-6-9-29(18-28)41-35(45)12-7-13-36(46)42-33-11-5-4-10-32(33)40/h4-6,8-11,14-18,30-31,34,37,44H,7,12-13,19-25,40H2,1-3H3,(H,41,45)(H,42,46)/t30?,31-,34+,37+,39?/m0/s1. The minimum Gasteiger partial charge on any atom is -0.397 e. The zero-order valence-electron chi connectivity index (χ0n) is 28.4. The summed E-state index contributed by atoms with van der Waals surface area (Å²) in [6.45, 7) is 9.18. The van der Waals surface area contributed by atoms with Gasteiger partial charge in [0.05, 0.1) is 30.2 Å². The molecule has 3 fully saturated rings. The third-order valence-corrected chi connectivity index (χ3v) is 10.1. The Morgan fingerprint density at radius 1 is 0.917 bits per heavy atom. The minimum atomic E-state index is -0.605. The van der Waals surface area contributed by atoms with Crippen LogP contribution in [0.2, 0.25) is 0 Å². The molecular weight excluding hydrogens is 604 g/mol. The van der Waals surface area contributed by atoms with Gasteiger partial charge in [-0.3, -0.25) is 14.5 Å². The van der Waals surface area contributed by atoms with Gasteiger partial charge in [-0.25, -0.2) is 0 Å². The molecule has 2 aliphatic heterocycles. The number of nitrogens with two attached hydrogens (primary N) is 1. The van der Waals surface area contributed by atoms with Gasteiger partial charge in [0.2, 0.25) is 11.8 Å². The van der Waals surface area contributed by atoms with Gasteiger partial charge in [-0.05, 0) is 71.9 Å². The number of carbonyl (C=O) groups excluding carboxylic acids is 2. The Bertz CT molecular complexity index is 1590. The van der Waals surface area contributed by atoms with Crippen LogP contribution in [-0.2, 0) is 25.7 Å². The number of benzene rings is 3. The second-order valence-electron chi connectivity index (χ2n) is 15.2. The maximum absolute atomic E-state index is 12.8. The lowest BCUT2D eigenvalue weighted by Gasteiger charge is -2.41. The van der Waals surface area contributed by atoms with Crippen LogP contribution >= 0.6 is 0 Å². The van der Waals surface area contributed by atoms with E-state index >= 15 is 0 Å². The first-order valence-corrected chi connectivity index (χ1v) is 17.3. The van der Waals surface area contributed by atoms with Crippen LogP contribution in [-0.4, -0.2) is 47.1 Å². The van der Waals surface area contributed by atoms with Gasteiger partial charge in [-0.15, -0.1) is 0 Å². The zero-order chi connectivity index (χ0) is 33.9. The van der Waals surface area contributed by atoms with Crippen molar-refractivity contribution in [3.8, 4) is 0 Å². The van der Waals surface area contributed by atoms with Crippen LogP contribution in [0.1, 0.15) is 94.8 Å². The molecule has 0 aromatic heterocycles. The number of nitrogen functional groups attached to an aromatic ring is 1. The molecule has 2 unspecified atom stereocenters. The van der Waals surface area contributed by atoms with Crippen LogP contribution in [0.5, 0.6) is 0 Å². The maximum atomic E-state index is 12.8. The summed E-state index contributed by atoms with van der Waals surface area (Å²) in [6.07, 6.45) is 4.44. The third-order valence-electron chi connectivity index (χ3n) is 10.1. The fourth-order valence-corrected chi connectivity index (χ4v) is 8.30. The van der Waals surface area contributed by atoms with E-state index in [1.54, 1.807) is 12.1 Å². The Labute approximate surface area is 284 Å². The first kappa shape index (κ1) is 34.1. The van der Waals surface area contributed by atoms with Gasteiger partial charge in [-0.2, -0.15) is 0 Å². The molecule has 48 heavy (non-hydrogen) atoms. The highest BCUT2D eigenvalue weighted by Crippen LogP contribution is 2.53. The van der Waals surface area contributed by atoms with Crippen LogP contribution in [0, 0.1) is 10.8 Å². The van der Waals surface area contributed by atoms with Crippen molar-refractivity contribution in [2.45, 2.75) is 96.9 Å². The summed E-state index contributed by atoms with van der Waals surface area (Å²) >= 11 is 0. The number of para-hydroxylation sites is 2. The number of ether oxygens (including phenoxy) is 2. The molecule has 5 N–H and O–H groups in total. The second-order valence-corrected chi connectivity index (χ2v) is 15.2. The summed E-state index contributed by atoms with van der Waals surface area (Å²) in [6, 6.07) is 23.3. The highest BCUT2D eigenvalue weighted by Gasteiger charge is 2.50. The molecule has 5 atom stereocenters. The predicted octanol–water partition coefficient (Wildman–Crippen LogP) is 6.95. The number of nitrogens with zero attached hydrogens (tertiary/aromatic N) is 1. The second kappa shape index (κ2) is 14.4. The smallest absolute Gasteiger partial charge is 0.224 e. The van der Waals surface area contributed by atoms with Crippen LogP contribution < -0.4 is 16.4 Å². The van der Waals surface area contributed by atoms with Crippen LogP contribution in [0.25, 0.3) is 0 Å². The molecule has 3 aromatic rings. The van der Waals surface area contributed by atoms with Crippen molar-refractivity contribution in [1.82, 2.24) is 4.90 Å². The number of amides is 2. The Hall–Kier alpha value is -3.76. The quantitative estimate of drug-likeness (QED) is 0.165. The number of carbonyl (C=O) groups is 2. The van der Waals surface area contributed by atoms with Crippen molar-refractivity contribution < 1.29 is 24.2 Å². The van der Waals surface area contributed by atoms with Crippen molar-refractivity contribution in [3.63, 3.8) is 0 Å². The molecule has 2 saturated heterocycles. The number of fused-ring (bicyclic) bond motifs is 2. The highest BCUT2D eigenvalue weighted by molar-refractivity contribution is 5.94. The number of nitrogens with one attached hydrogen (secondary N) is 2. The SMILES string of the molecule is CC1(C)CC2CC(C)(CN2C[C@@H]2C[C@H](c3ccc(CO)cc3)O[C@H](c3cccc(NC(=O)CCCC(=O)Nc4ccccc4N)c3)O2)C1. The van der Waals surface area contributed by atoms with Gasteiger partial charge in [0.1, 0.15) is 0 Å². The molecule has 3 aliphatic rings. The average Bonchev–Trinajstić information content (AvgIpc) is 3.29. The molecule has 1 aliphatic carbocycles. The molecule has 9 nitrogen and oxygen atoms in total. The van der Waals surface area contributed by atoms with E-state index in [2.05, 4.69) is 36.3 Å². The largest absolute Gasteiger partial charge is 0.397 e. The summed E-state index contributed by atoms with van der Waals surface area (Å²) in [4.78, 5) is 27.9. The molecule has 256 valence electrons.